The predicted octanol–water partition coefficient (Wildman–Crippen LogP) is 5.73. The molecule has 2 aromatic heterocycles. The Morgan fingerprint density at radius 3 is 2.59 bits per heavy atom. The summed E-state index contributed by atoms with van der Waals surface area (Å²) in [6.07, 6.45) is 10.1. The maximum atomic E-state index is 4.81. The van der Waals surface area contributed by atoms with Crippen LogP contribution in [0.1, 0.15) is 49.8 Å². The molecule has 1 aliphatic rings. The van der Waals surface area contributed by atoms with Gasteiger partial charge in [0.25, 0.3) is 0 Å². The molecule has 1 aliphatic carbocycles. The summed E-state index contributed by atoms with van der Waals surface area (Å²) in [6.45, 7) is 2.32. The van der Waals surface area contributed by atoms with Crippen molar-refractivity contribution < 1.29 is 0 Å². The van der Waals surface area contributed by atoms with Gasteiger partial charge in [0.05, 0.1) is 5.52 Å². The monoisotopic (exact) mass is 451 g/mol. The van der Waals surface area contributed by atoms with Crippen molar-refractivity contribution in [3.8, 4) is 0 Å². The molecule has 0 bridgehead atoms. The van der Waals surface area contributed by atoms with E-state index < -0.39 is 0 Å². The van der Waals surface area contributed by atoms with Crippen LogP contribution in [-0.4, -0.2) is 43.2 Å². The van der Waals surface area contributed by atoms with Gasteiger partial charge in [-0.15, -0.1) is 11.3 Å². The third-order valence-corrected chi connectivity index (χ3v) is 7.41. The summed E-state index contributed by atoms with van der Waals surface area (Å²) in [5.41, 5.74) is 1.00. The van der Waals surface area contributed by atoms with E-state index in [-0.39, 0.29) is 0 Å². The van der Waals surface area contributed by atoms with E-state index in [1.165, 1.54) is 56.2 Å². The first kappa shape index (κ1) is 23.0. The number of fused-ring (bicyclic) bond motifs is 1. The number of nitrogens with zero attached hydrogens (tertiary/aromatic N) is 3. The number of hydrogen-bond acceptors (Lipinski definition) is 6. The van der Waals surface area contributed by atoms with Crippen LogP contribution in [-0.2, 0) is 6.42 Å². The van der Waals surface area contributed by atoms with Crippen molar-refractivity contribution in [2.45, 2.75) is 57.4 Å². The molecule has 2 N–H and O–H groups in total. The highest BCUT2D eigenvalue weighted by Gasteiger charge is 2.22. The molecule has 5 nitrogen and oxygen atoms in total. The molecule has 1 aromatic carbocycles. The lowest BCUT2D eigenvalue weighted by Crippen LogP contribution is -2.32. The highest BCUT2D eigenvalue weighted by Crippen LogP contribution is 2.28. The number of unbranched alkanes of at least 4 members (excludes halogenated alkanes) is 2. The van der Waals surface area contributed by atoms with Crippen LogP contribution in [0.5, 0.6) is 0 Å². The Morgan fingerprint density at radius 1 is 0.969 bits per heavy atom. The Kier molecular flexibility index (Phi) is 8.35. The van der Waals surface area contributed by atoms with Crippen LogP contribution >= 0.6 is 11.3 Å². The number of hydrogen-bond donors (Lipinski definition) is 2. The zero-order chi connectivity index (χ0) is 22.2. The molecular weight excluding hydrogens is 414 g/mol. The third-order valence-electron chi connectivity index (χ3n) is 6.48. The van der Waals surface area contributed by atoms with Gasteiger partial charge in [-0.1, -0.05) is 24.6 Å². The summed E-state index contributed by atoms with van der Waals surface area (Å²) in [6, 6.07) is 13.1. The second kappa shape index (κ2) is 11.6. The summed E-state index contributed by atoms with van der Waals surface area (Å²) >= 11 is 1.88. The molecule has 0 amide bonds. The Balaban J connectivity index is 1.15. The average molecular weight is 452 g/mol. The summed E-state index contributed by atoms with van der Waals surface area (Å²) in [5, 5.41) is 10.6. The SMILES string of the molecule is CN(C)c1nc(NC2CCC(CNCCCCCc3cccs3)CC2)nc2ccccc12. The third kappa shape index (κ3) is 6.42. The van der Waals surface area contributed by atoms with Crippen LogP contribution in [0.2, 0.25) is 0 Å². The standard InChI is InChI=1S/C26H37N5S/c1-31(2)25-23-11-5-6-12-24(23)29-26(30-25)28-21-15-13-20(14-16-21)19-27-17-7-3-4-9-22-10-8-18-32-22/h5-6,8,10-12,18,20-21,27H,3-4,7,9,13-17,19H2,1-2H3,(H,28,29,30). The maximum Gasteiger partial charge on any atom is 0.225 e. The lowest BCUT2D eigenvalue weighted by Gasteiger charge is -2.29. The van der Waals surface area contributed by atoms with Crippen LogP contribution in [0.4, 0.5) is 11.8 Å². The quantitative estimate of drug-likeness (QED) is 0.365. The molecular formula is C26H37N5S. The number of aromatic nitrogens is 2. The summed E-state index contributed by atoms with van der Waals surface area (Å²) in [7, 11) is 4.08. The zero-order valence-corrected chi connectivity index (χ0v) is 20.3. The Labute approximate surface area is 196 Å². The number of anilines is 2. The van der Waals surface area contributed by atoms with Crippen molar-refractivity contribution in [2.75, 3.05) is 37.4 Å². The first-order chi connectivity index (χ1) is 15.7. The summed E-state index contributed by atoms with van der Waals surface area (Å²) in [4.78, 5) is 13.2. The fourth-order valence-electron chi connectivity index (χ4n) is 4.65. The molecule has 2 heterocycles. The first-order valence-corrected chi connectivity index (χ1v) is 13.0. The number of para-hydroxylation sites is 1. The maximum absolute atomic E-state index is 4.81. The average Bonchev–Trinajstić information content (AvgIpc) is 3.32. The zero-order valence-electron chi connectivity index (χ0n) is 19.5. The molecule has 0 radical (unpaired) electrons. The molecule has 3 aromatic rings. The van der Waals surface area contributed by atoms with Crippen LogP contribution in [0, 0.1) is 5.92 Å². The molecule has 32 heavy (non-hydrogen) atoms. The van der Waals surface area contributed by atoms with E-state index in [2.05, 4.69) is 45.2 Å². The molecule has 4 rings (SSSR count). The minimum Gasteiger partial charge on any atom is -0.362 e. The van der Waals surface area contributed by atoms with Gasteiger partial charge in [0.2, 0.25) is 5.95 Å². The van der Waals surface area contributed by atoms with Gasteiger partial charge in [-0.2, -0.15) is 4.98 Å². The molecule has 6 heteroatoms. The van der Waals surface area contributed by atoms with Gasteiger partial charge in [0, 0.05) is 30.4 Å². The van der Waals surface area contributed by atoms with E-state index in [0.29, 0.717) is 6.04 Å². The van der Waals surface area contributed by atoms with Crippen molar-refractivity contribution >= 4 is 34.0 Å². The van der Waals surface area contributed by atoms with Crippen molar-refractivity contribution in [3.05, 3.63) is 46.7 Å². The van der Waals surface area contributed by atoms with Gasteiger partial charge in [0.1, 0.15) is 5.82 Å². The van der Waals surface area contributed by atoms with Crippen molar-refractivity contribution in [1.82, 2.24) is 15.3 Å². The second-order valence-corrected chi connectivity index (χ2v) is 10.3. The largest absolute Gasteiger partial charge is 0.362 e. The minimum absolute atomic E-state index is 0.472. The number of aryl methyl sites for hydroxylation is 1. The molecule has 0 atom stereocenters. The van der Waals surface area contributed by atoms with E-state index in [1.807, 2.05) is 37.6 Å². The van der Waals surface area contributed by atoms with Crippen molar-refractivity contribution in [3.63, 3.8) is 0 Å². The Hall–Kier alpha value is -2.18. The minimum atomic E-state index is 0.472. The molecule has 0 saturated heterocycles. The Morgan fingerprint density at radius 2 is 1.81 bits per heavy atom. The lowest BCUT2D eigenvalue weighted by atomic mass is 9.86. The Bertz CT molecular complexity index is 948. The van der Waals surface area contributed by atoms with E-state index >= 15 is 0 Å². The van der Waals surface area contributed by atoms with Crippen LogP contribution in [0.25, 0.3) is 10.9 Å². The van der Waals surface area contributed by atoms with Crippen LogP contribution in [0.3, 0.4) is 0 Å². The van der Waals surface area contributed by atoms with E-state index in [4.69, 9.17) is 9.97 Å². The van der Waals surface area contributed by atoms with Gasteiger partial charge in [-0.05, 0) is 87.5 Å². The first-order valence-electron chi connectivity index (χ1n) is 12.1. The van der Waals surface area contributed by atoms with Gasteiger partial charge >= 0.3 is 0 Å². The number of thiophene rings is 1. The topological polar surface area (TPSA) is 53.1 Å². The fourth-order valence-corrected chi connectivity index (χ4v) is 5.40. The highest BCUT2D eigenvalue weighted by molar-refractivity contribution is 7.09. The van der Waals surface area contributed by atoms with Gasteiger partial charge < -0.3 is 15.5 Å². The van der Waals surface area contributed by atoms with E-state index in [9.17, 15) is 0 Å². The number of nitrogens with one attached hydrogen (secondary N) is 2. The van der Waals surface area contributed by atoms with Crippen molar-refractivity contribution in [1.29, 1.82) is 0 Å². The molecule has 1 saturated carbocycles. The van der Waals surface area contributed by atoms with Crippen molar-refractivity contribution in [2.24, 2.45) is 5.92 Å². The van der Waals surface area contributed by atoms with Gasteiger partial charge in [0.15, 0.2) is 0 Å². The normalized spacial score (nSPS) is 18.7. The second-order valence-electron chi connectivity index (χ2n) is 9.24. The molecule has 0 spiro atoms. The smallest absolute Gasteiger partial charge is 0.225 e. The van der Waals surface area contributed by atoms with Crippen LogP contribution < -0.4 is 15.5 Å². The molecule has 172 valence electrons. The summed E-state index contributed by atoms with van der Waals surface area (Å²) in [5.74, 6) is 2.54. The fraction of sp³-hybridized carbons (Fsp3) is 0.538. The molecule has 0 unspecified atom stereocenters. The predicted molar refractivity (Wildman–Crippen MR) is 138 cm³/mol. The molecule has 1 fully saturated rings. The number of rotatable bonds is 11. The summed E-state index contributed by atoms with van der Waals surface area (Å²) < 4.78 is 0. The van der Waals surface area contributed by atoms with E-state index in [0.717, 1.165) is 41.7 Å². The van der Waals surface area contributed by atoms with Gasteiger partial charge in [-0.3, -0.25) is 0 Å². The highest BCUT2D eigenvalue weighted by atomic mass is 32.1. The number of benzene rings is 1. The van der Waals surface area contributed by atoms with Crippen LogP contribution in [0.15, 0.2) is 41.8 Å². The molecule has 0 aliphatic heterocycles. The van der Waals surface area contributed by atoms with E-state index in [1.54, 1.807) is 0 Å². The lowest BCUT2D eigenvalue weighted by molar-refractivity contribution is 0.323. The van der Waals surface area contributed by atoms with Gasteiger partial charge in [-0.25, -0.2) is 4.98 Å².